The van der Waals surface area contributed by atoms with Crippen LogP contribution in [0.4, 0.5) is 5.13 Å². The third-order valence-electron chi connectivity index (χ3n) is 3.49. The number of piperazine rings is 1. The highest BCUT2D eigenvalue weighted by Gasteiger charge is 2.19. The molecule has 1 aliphatic rings. The van der Waals surface area contributed by atoms with Crippen molar-refractivity contribution in [2.45, 2.75) is 40.3 Å². The molecule has 1 aromatic heterocycles. The Hall–Kier alpha value is -0.650. The fourth-order valence-corrected chi connectivity index (χ4v) is 3.38. The van der Waals surface area contributed by atoms with Crippen molar-refractivity contribution >= 4 is 16.5 Å². The summed E-state index contributed by atoms with van der Waals surface area (Å²) in [4.78, 5) is 10.9. The molecule has 0 unspecified atom stereocenters. The fraction of sp³-hybridized carbons (Fsp3) is 0.800. The molecule has 0 spiro atoms. The van der Waals surface area contributed by atoms with Crippen molar-refractivity contribution < 1.29 is 0 Å². The maximum atomic E-state index is 4.59. The van der Waals surface area contributed by atoms with Gasteiger partial charge in [0, 0.05) is 56.4 Å². The molecule has 0 aliphatic carbocycles. The van der Waals surface area contributed by atoms with Gasteiger partial charge in [-0.2, -0.15) is 0 Å². The van der Waals surface area contributed by atoms with Gasteiger partial charge in [-0.3, -0.25) is 4.90 Å². The van der Waals surface area contributed by atoms with Crippen LogP contribution in [0.2, 0.25) is 0 Å². The Morgan fingerprint density at radius 3 is 2.50 bits per heavy atom. The summed E-state index contributed by atoms with van der Waals surface area (Å²) >= 11 is 1.83. The lowest BCUT2D eigenvalue weighted by Crippen LogP contribution is -2.47. The van der Waals surface area contributed by atoms with Gasteiger partial charge in [-0.1, -0.05) is 27.7 Å². The van der Waals surface area contributed by atoms with E-state index < -0.39 is 0 Å². The van der Waals surface area contributed by atoms with E-state index in [0.29, 0.717) is 6.04 Å². The molecule has 1 aromatic rings. The third kappa shape index (κ3) is 4.72. The maximum Gasteiger partial charge on any atom is 0.185 e. The summed E-state index contributed by atoms with van der Waals surface area (Å²) in [6.45, 7) is 15.6. The molecule has 0 amide bonds. The highest BCUT2D eigenvalue weighted by atomic mass is 32.1. The zero-order chi connectivity index (χ0) is 14.5. The zero-order valence-corrected chi connectivity index (χ0v) is 14.0. The smallest absolute Gasteiger partial charge is 0.185 e. The molecule has 114 valence electrons. The molecule has 5 heteroatoms. The van der Waals surface area contributed by atoms with Crippen molar-refractivity contribution in [1.29, 1.82) is 0 Å². The number of nitrogens with one attached hydrogen (secondary N) is 1. The Morgan fingerprint density at radius 2 is 1.90 bits per heavy atom. The molecule has 1 N–H and O–H groups in total. The van der Waals surface area contributed by atoms with Crippen LogP contribution in [0.1, 0.15) is 32.6 Å². The van der Waals surface area contributed by atoms with Gasteiger partial charge >= 0.3 is 0 Å². The van der Waals surface area contributed by atoms with Gasteiger partial charge in [0.25, 0.3) is 0 Å². The van der Waals surface area contributed by atoms with Crippen LogP contribution in [0.25, 0.3) is 0 Å². The van der Waals surface area contributed by atoms with E-state index in [2.05, 4.69) is 47.8 Å². The lowest BCUT2D eigenvalue weighted by molar-refractivity contribution is 0.231. The van der Waals surface area contributed by atoms with Crippen molar-refractivity contribution in [3.8, 4) is 0 Å². The maximum absolute atomic E-state index is 4.59. The Kier molecular flexibility index (Phi) is 5.81. The predicted molar refractivity (Wildman–Crippen MR) is 87.6 cm³/mol. The first kappa shape index (κ1) is 15.7. The fourth-order valence-electron chi connectivity index (χ4n) is 2.47. The van der Waals surface area contributed by atoms with E-state index in [4.69, 9.17) is 0 Å². The number of hydrogen-bond acceptors (Lipinski definition) is 5. The molecule has 0 saturated carbocycles. The molecule has 2 heterocycles. The van der Waals surface area contributed by atoms with Crippen LogP contribution in [0, 0.1) is 5.92 Å². The molecule has 1 fully saturated rings. The third-order valence-corrected chi connectivity index (χ3v) is 4.55. The molecular formula is C15H28N4S. The SMILES string of the molecule is CC(C)CN1CCN(c2ncc(CNC(C)C)s2)CC1. The Morgan fingerprint density at radius 1 is 1.20 bits per heavy atom. The van der Waals surface area contributed by atoms with Crippen molar-refractivity contribution in [2.24, 2.45) is 5.92 Å². The van der Waals surface area contributed by atoms with Crippen molar-refractivity contribution in [2.75, 3.05) is 37.6 Å². The van der Waals surface area contributed by atoms with Crippen LogP contribution in [-0.4, -0.2) is 48.6 Å². The number of rotatable bonds is 6. The second kappa shape index (κ2) is 7.38. The van der Waals surface area contributed by atoms with Crippen LogP contribution in [0.3, 0.4) is 0 Å². The zero-order valence-electron chi connectivity index (χ0n) is 13.2. The van der Waals surface area contributed by atoms with Gasteiger partial charge in [0.15, 0.2) is 5.13 Å². The first-order valence-electron chi connectivity index (χ1n) is 7.70. The van der Waals surface area contributed by atoms with Crippen LogP contribution >= 0.6 is 11.3 Å². The van der Waals surface area contributed by atoms with Crippen LogP contribution < -0.4 is 10.2 Å². The van der Waals surface area contributed by atoms with E-state index in [-0.39, 0.29) is 0 Å². The minimum absolute atomic E-state index is 0.528. The number of nitrogens with zero attached hydrogens (tertiary/aromatic N) is 3. The van der Waals surface area contributed by atoms with Crippen molar-refractivity contribution in [3.63, 3.8) is 0 Å². The number of hydrogen-bond donors (Lipinski definition) is 1. The molecular weight excluding hydrogens is 268 g/mol. The minimum atomic E-state index is 0.528. The van der Waals surface area contributed by atoms with Gasteiger partial charge in [-0.15, -0.1) is 11.3 Å². The lowest BCUT2D eigenvalue weighted by atomic mass is 10.2. The van der Waals surface area contributed by atoms with Crippen molar-refractivity contribution in [3.05, 3.63) is 11.1 Å². The second-order valence-electron chi connectivity index (χ2n) is 6.33. The predicted octanol–water partition coefficient (Wildman–Crippen LogP) is 2.42. The van der Waals surface area contributed by atoms with Crippen molar-refractivity contribution in [1.82, 2.24) is 15.2 Å². The van der Waals surface area contributed by atoms with Gasteiger partial charge in [-0.25, -0.2) is 4.98 Å². The lowest BCUT2D eigenvalue weighted by Gasteiger charge is -2.35. The number of anilines is 1. The highest BCUT2D eigenvalue weighted by molar-refractivity contribution is 7.15. The van der Waals surface area contributed by atoms with E-state index in [1.165, 1.54) is 16.6 Å². The quantitative estimate of drug-likeness (QED) is 0.873. The van der Waals surface area contributed by atoms with E-state index >= 15 is 0 Å². The molecule has 0 atom stereocenters. The molecule has 0 radical (unpaired) electrons. The Bertz CT molecular complexity index is 394. The summed E-state index contributed by atoms with van der Waals surface area (Å²) in [6, 6.07) is 0.528. The van der Waals surface area contributed by atoms with Crippen LogP contribution in [0.15, 0.2) is 6.20 Å². The van der Waals surface area contributed by atoms with E-state index in [9.17, 15) is 0 Å². The molecule has 1 saturated heterocycles. The Balaban J connectivity index is 1.81. The number of aromatic nitrogens is 1. The van der Waals surface area contributed by atoms with Crippen LogP contribution in [-0.2, 0) is 6.54 Å². The molecule has 0 aromatic carbocycles. The van der Waals surface area contributed by atoms with Crippen LogP contribution in [0.5, 0.6) is 0 Å². The summed E-state index contributed by atoms with van der Waals surface area (Å²) < 4.78 is 0. The molecule has 2 rings (SSSR count). The van der Waals surface area contributed by atoms with Gasteiger partial charge in [0.1, 0.15) is 0 Å². The van der Waals surface area contributed by atoms with Gasteiger partial charge in [0.05, 0.1) is 0 Å². The number of thiazole rings is 1. The Labute approximate surface area is 127 Å². The summed E-state index contributed by atoms with van der Waals surface area (Å²) in [5.74, 6) is 0.759. The molecule has 0 bridgehead atoms. The average molecular weight is 296 g/mol. The summed E-state index contributed by atoms with van der Waals surface area (Å²) in [7, 11) is 0. The van der Waals surface area contributed by atoms with Gasteiger partial charge in [0.2, 0.25) is 0 Å². The van der Waals surface area contributed by atoms with E-state index in [1.807, 2.05) is 17.5 Å². The normalized spacial score (nSPS) is 17.4. The van der Waals surface area contributed by atoms with E-state index in [1.54, 1.807) is 0 Å². The monoisotopic (exact) mass is 296 g/mol. The second-order valence-corrected chi connectivity index (χ2v) is 7.42. The summed E-state index contributed by atoms with van der Waals surface area (Å²) in [5.41, 5.74) is 0. The minimum Gasteiger partial charge on any atom is -0.346 e. The first-order chi connectivity index (χ1) is 9.54. The molecule has 1 aliphatic heterocycles. The molecule has 4 nitrogen and oxygen atoms in total. The van der Waals surface area contributed by atoms with Gasteiger partial charge < -0.3 is 10.2 Å². The summed E-state index contributed by atoms with van der Waals surface area (Å²) in [5, 5.41) is 4.64. The molecule has 20 heavy (non-hydrogen) atoms. The average Bonchev–Trinajstić information content (AvgIpc) is 2.85. The largest absolute Gasteiger partial charge is 0.346 e. The highest BCUT2D eigenvalue weighted by Crippen LogP contribution is 2.23. The topological polar surface area (TPSA) is 31.4 Å². The summed E-state index contributed by atoms with van der Waals surface area (Å²) in [6.07, 6.45) is 2.02. The first-order valence-corrected chi connectivity index (χ1v) is 8.51. The standard InChI is InChI=1S/C15H28N4S/c1-12(2)11-18-5-7-19(8-6-18)15-17-10-14(20-15)9-16-13(3)4/h10,12-13,16H,5-9,11H2,1-4H3. The van der Waals surface area contributed by atoms with Gasteiger partial charge in [-0.05, 0) is 5.92 Å². The van der Waals surface area contributed by atoms with E-state index in [0.717, 1.165) is 38.6 Å².